The Bertz CT molecular complexity index is 609. The van der Waals surface area contributed by atoms with Crippen LogP contribution in [0.1, 0.15) is 13.3 Å². The van der Waals surface area contributed by atoms with Crippen LogP contribution in [0.4, 0.5) is 21.8 Å². The molecule has 0 unspecified atom stereocenters. The Morgan fingerprint density at radius 3 is 2.90 bits per heavy atom. The summed E-state index contributed by atoms with van der Waals surface area (Å²) >= 11 is 9.34. The molecule has 106 valence electrons. The van der Waals surface area contributed by atoms with Crippen LogP contribution in [0.3, 0.4) is 0 Å². The zero-order chi connectivity index (χ0) is 14.5. The number of halogens is 3. The average molecular weight is 360 g/mol. The Hall–Kier alpha value is -1.40. The third-order valence-corrected chi connectivity index (χ3v) is 3.35. The highest BCUT2D eigenvalue weighted by Crippen LogP contribution is 2.29. The van der Waals surface area contributed by atoms with Gasteiger partial charge in [-0.3, -0.25) is 0 Å². The maximum Gasteiger partial charge on any atom is 0.224 e. The molecule has 0 bridgehead atoms. The maximum atomic E-state index is 13.0. The van der Waals surface area contributed by atoms with E-state index < -0.39 is 0 Å². The number of benzene rings is 1. The summed E-state index contributed by atoms with van der Waals surface area (Å²) in [6.45, 7) is 2.85. The van der Waals surface area contributed by atoms with Crippen molar-refractivity contribution in [3.63, 3.8) is 0 Å². The minimum absolute atomic E-state index is 0.290. The largest absolute Gasteiger partial charge is 0.354 e. The normalized spacial score (nSPS) is 10.4. The molecule has 1 aromatic heterocycles. The number of anilines is 3. The molecular weight excluding hydrogens is 347 g/mol. The molecule has 0 spiro atoms. The molecule has 7 heteroatoms. The van der Waals surface area contributed by atoms with Crippen molar-refractivity contribution in [1.82, 2.24) is 9.97 Å². The Morgan fingerprint density at radius 2 is 2.20 bits per heavy atom. The third kappa shape index (κ3) is 3.80. The van der Waals surface area contributed by atoms with Crippen molar-refractivity contribution in [1.29, 1.82) is 0 Å². The van der Waals surface area contributed by atoms with E-state index in [4.69, 9.17) is 11.6 Å². The van der Waals surface area contributed by atoms with Crippen molar-refractivity contribution in [2.24, 2.45) is 0 Å². The Balaban J connectivity index is 2.23. The van der Waals surface area contributed by atoms with Crippen LogP contribution in [-0.2, 0) is 0 Å². The number of nitrogens with one attached hydrogen (secondary N) is 2. The summed E-state index contributed by atoms with van der Waals surface area (Å²) in [6.07, 6.45) is 2.62. The number of nitrogens with zero attached hydrogens (tertiary/aromatic N) is 2. The summed E-state index contributed by atoms with van der Waals surface area (Å²) in [5, 5.41) is 6.43. The van der Waals surface area contributed by atoms with Gasteiger partial charge in [-0.2, -0.15) is 4.98 Å². The lowest BCUT2D eigenvalue weighted by atomic mass is 10.3. The second kappa shape index (κ2) is 6.85. The molecule has 0 aliphatic carbocycles. The van der Waals surface area contributed by atoms with Gasteiger partial charge in [0.1, 0.15) is 11.6 Å². The van der Waals surface area contributed by atoms with Crippen LogP contribution < -0.4 is 10.6 Å². The van der Waals surface area contributed by atoms with Crippen molar-refractivity contribution in [3.8, 4) is 0 Å². The number of aromatic nitrogens is 2. The predicted octanol–water partition coefficient (Wildman–Crippen LogP) is 4.60. The van der Waals surface area contributed by atoms with Crippen molar-refractivity contribution in [3.05, 3.63) is 39.7 Å². The SMILES string of the molecule is CCCNc1ncc(Br)c(Nc2ccc(F)cc2Cl)n1. The van der Waals surface area contributed by atoms with Crippen molar-refractivity contribution in [2.75, 3.05) is 17.2 Å². The van der Waals surface area contributed by atoms with E-state index in [-0.39, 0.29) is 5.82 Å². The van der Waals surface area contributed by atoms with E-state index in [9.17, 15) is 4.39 Å². The minimum atomic E-state index is -0.382. The zero-order valence-corrected chi connectivity index (χ0v) is 13.1. The fourth-order valence-corrected chi connectivity index (χ4v) is 2.00. The van der Waals surface area contributed by atoms with Gasteiger partial charge < -0.3 is 10.6 Å². The molecule has 0 aliphatic rings. The van der Waals surface area contributed by atoms with Crippen molar-refractivity contribution >= 4 is 45.0 Å². The van der Waals surface area contributed by atoms with Gasteiger partial charge in [-0.15, -0.1) is 0 Å². The molecular formula is C13H13BrClFN4. The van der Waals surface area contributed by atoms with Gasteiger partial charge in [-0.25, -0.2) is 9.37 Å². The number of hydrogen-bond donors (Lipinski definition) is 2. The van der Waals surface area contributed by atoms with Gasteiger partial charge in [0.25, 0.3) is 0 Å². The summed E-state index contributed by atoms with van der Waals surface area (Å²) in [4.78, 5) is 8.49. The van der Waals surface area contributed by atoms with Gasteiger partial charge in [0.2, 0.25) is 5.95 Å². The lowest BCUT2D eigenvalue weighted by molar-refractivity contribution is 0.628. The van der Waals surface area contributed by atoms with Crippen LogP contribution in [0, 0.1) is 5.82 Å². The molecule has 0 saturated heterocycles. The zero-order valence-electron chi connectivity index (χ0n) is 10.8. The van der Waals surface area contributed by atoms with Gasteiger partial charge in [-0.05, 0) is 40.5 Å². The summed E-state index contributed by atoms with van der Waals surface area (Å²) in [5.74, 6) is 0.704. The fourth-order valence-electron chi connectivity index (χ4n) is 1.50. The molecule has 1 heterocycles. The highest BCUT2D eigenvalue weighted by Gasteiger charge is 2.08. The van der Waals surface area contributed by atoms with E-state index in [1.807, 2.05) is 0 Å². The number of rotatable bonds is 5. The first-order valence-electron chi connectivity index (χ1n) is 6.08. The first-order chi connectivity index (χ1) is 9.60. The van der Waals surface area contributed by atoms with Crippen molar-refractivity contribution < 1.29 is 4.39 Å². The van der Waals surface area contributed by atoms with E-state index in [1.165, 1.54) is 12.1 Å². The summed E-state index contributed by atoms with van der Waals surface area (Å²) in [6, 6.07) is 4.14. The molecule has 2 aromatic rings. The predicted molar refractivity (Wildman–Crippen MR) is 83.2 cm³/mol. The van der Waals surface area contributed by atoms with Gasteiger partial charge in [-0.1, -0.05) is 18.5 Å². The molecule has 0 atom stereocenters. The minimum Gasteiger partial charge on any atom is -0.354 e. The van der Waals surface area contributed by atoms with Crippen LogP contribution in [0.25, 0.3) is 0 Å². The van der Waals surface area contributed by atoms with Crippen LogP contribution in [0.2, 0.25) is 5.02 Å². The Morgan fingerprint density at radius 1 is 1.40 bits per heavy atom. The Labute approximate surface area is 129 Å². The first kappa shape index (κ1) is 15.0. The first-order valence-corrected chi connectivity index (χ1v) is 7.25. The standard InChI is InChI=1S/C13H13BrClFN4/c1-2-5-17-13-18-7-9(14)12(20-13)19-11-4-3-8(16)6-10(11)15/h3-4,6-7H,2,5H2,1H3,(H2,17,18,19,20). The van der Waals surface area contributed by atoms with Gasteiger partial charge in [0.05, 0.1) is 15.2 Å². The molecule has 20 heavy (non-hydrogen) atoms. The van der Waals surface area contributed by atoms with E-state index >= 15 is 0 Å². The van der Waals surface area contributed by atoms with Crippen molar-refractivity contribution in [2.45, 2.75) is 13.3 Å². The maximum absolute atomic E-state index is 13.0. The molecule has 2 rings (SSSR count). The highest BCUT2D eigenvalue weighted by molar-refractivity contribution is 9.10. The van der Waals surface area contributed by atoms with Gasteiger partial charge in [0, 0.05) is 12.7 Å². The van der Waals surface area contributed by atoms with Crippen LogP contribution >= 0.6 is 27.5 Å². The van der Waals surface area contributed by atoms with Crippen LogP contribution in [0.15, 0.2) is 28.9 Å². The topological polar surface area (TPSA) is 49.8 Å². The van der Waals surface area contributed by atoms with E-state index in [0.29, 0.717) is 26.9 Å². The quantitative estimate of drug-likeness (QED) is 0.819. The van der Waals surface area contributed by atoms with Gasteiger partial charge in [0.15, 0.2) is 0 Å². The fraction of sp³-hybridized carbons (Fsp3) is 0.231. The molecule has 4 nitrogen and oxygen atoms in total. The van der Waals surface area contributed by atoms with Crippen LogP contribution in [-0.4, -0.2) is 16.5 Å². The van der Waals surface area contributed by atoms with Gasteiger partial charge >= 0.3 is 0 Å². The van der Waals surface area contributed by atoms with E-state index in [2.05, 4.69) is 43.5 Å². The van der Waals surface area contributed by atoms with E-state index in [1.54, 1.807) is 12.3 Å². The third-order valence-electron chi connectivity index (χ3n) is 2.46. The lowest BCUT2D eigenvalue weighted by Crippen LogP contribution is -2.06. The Kier molecular flexibility index (Phi) is 5.14. The monoisotopic (exact) mass is 358 g/mol. The van der Waals surface area contributed by atoms with Crippen LogP contribution in [0.5, 0.6) is 0 Å². The second-order valence-corrected chi connectivity index (χ2v) is 5.33. The molecule has 0 aliphatic heterocycles. The molecule has 1 aromatic carbocycles. The molecule has 0 amide bonds. The molecule has 0 fully saturated rings. The summed E-state index contributed by atoms with van der Waals surface area (Å²) in [5.41, 5.74) is 0.578. The summed E-state index contributed by atoms with van der Waals surface area (Å²) < 4.78 is 13.7. The smallest absolute Gasteiger partial charge is 0.224 e. The average Bonchev–Trinajstić information content (AvgIpc) is 2.42. The molecule has 2 N–H and O–H groups in total. The summed E-state index contributed by atoms with van der Waals surface area (Å²) in [7, 11) is 0. The van der Waals surface area contributed by atoms with E-state index in [0.717, 1.165) is 13.0 Å². The lowest BCUT2D eigenvalue weighted by Gasteiger charge is -2.11. The second-order valence-electron chi connectivity index (χ2n) is 4.07. The molecule has 0 saturated carbocycles. The number of hydrogen-bond acceptors (Lipinski definition) is 4. The molecule has 0 radical (unpaired) electrons. The highest BCUT2D eigenvalue weighted by atomic mass is 79.9.